The van der Waals surface area contributed by atoms with Crippen molar-refractivity contribution in [3.8, 4) is 0 Å². The highest BCUT2D eigenvalue weighted by molar-refractivity contribution is 7.89. The standard InChI is InChI=1S/C13H18N4O2S/c1-3-17-9-12(13(14)16-17)20(18,19)15-8-11-6-4-5-10(2)7-11/h4-7,9,15H,3,8H2,1-2H3,(H2,14,16). The molecule has 7 heteroatoms. The molecule has 108 valence electrons. The Kier molecular flexibility index (Phi) is 4.10. The van der Waals surface area contributed by atoms with Gasteiger partial charge in [0.1, 0.15) is 4.90 Å². The molecule has 2 aromatic rings. The van der Waals surface area contributed by atoms with Crippen molar-refractivity contribution >= 4 is 15.8 Å². The summed E-state index contributed by atoms with van der Waals surface area (Å²) in [4.78, 5) is 0.0204. The maximum Gasteiger partial charge on any atom is 0.246 e. The molecule has 0 bridgehead atoms. The lowest BCUT2D eigenvalue weighted by Gasteiger charge is -2.06. The summed E-state index contributed by atoms with van der Waals surface area (Å²) in [6.45, 7) is 4.61. The molecule has 0 radical (unpaired) electrons. The maximum absolute atomic E-state index is 12.2. The van der Waals surface area contributed by atoms with Crippen LogP contribution in [0.5, 0.6) is 0 Å². The smallest absolute Gasteiger partial charge is 0.246 e. The summed E-state index contributed by atoms with van der Waals surface area (Å²) in [7, 11) is -3.65. The highest BCUT2D eigenvalue weighted by Gasteiger charge is 2.20. The molecule has 3 N–H and O–H groups in total. The summed E-state index contributed by atoms with van der Waals surface area (Å²) in [6, 6.07) is 7.65. The fraction of sp³-hybridized carbons (Fsp3) is 0.308. The molecule has 0 amide bonds. The Morgan fingerprint density at radius 3 is 2.75 bits per heavy atom. The van der Waals surface area contributed by atoms with Crippen molar-refractivity contribution < 1.29 is 8.42 Å². The maximum atomic E-state index is 12.2. The average Bonchev–Trinajstić information content (AvgIpc) is 2.79. The molecule has 0 saturated heterocycles. The number of nitrogens with zero attached hydrogens (tertiary/aromatic N) is 2. The van der Waals surface area contributed by atoms with Gasteiger partial charge in [0, 0.05) is 19.3 Å². The van der Waals surface area contributed by atoms with E-state index < -0.39 is 10.0 Å². The number of aryl methyl sites for hydroxylation is 2. The molecule has 1 aromatic heterocycles. The molecule has 0 aliphatic carbocycles. The molecular weight excluding hydrogens is 276 g/mol. The van der Waals surface area contributed by atoms with Gasteiger partial charge in [-0.15, -0.1) is 0 Å². The Hall–Kier alpha value is -1.86. The van der Waals surface area contributed by atoms with E-state index in [4.69, 9.17) is 5.73 Å². The third kappa shape index (κ3) is 3.17. The van der Waals surface area contributed by atoms with Gasteiger partial charge in [0.05, 0.1) is 0 Å². The van der Waals surface area contributed by atoms with Crippen LogP contribution in [0.25, 0.3) is 0 Å². The summed E-state index contributed by atoms with van der Waals surface area (Å²) in [5.41, 5.74) is 7.63. The second-order valence-corrected chi connectivity index (χ2v) is 6.28. The van der Waals surface area contributed by atoms with E-state index in [2.05, 4.69) is 9.82 Å². The van der Waals surface area contributed by atoms with Gasteiger partial charge in [-0.05, 0) is 19.4 Å². The molecule has 6 nitrogen and oxygen atoms in total. The molecule has 0 aliphatic rings. The molecule has 0 unspecified atom stereocenters. The lowest BCUT2D eigenvalue weighted by molar-refractivity contribution is 0.581. The van der Waals surface area contributed by atoms with E-state index in [1.54, 1.807) is 0 Å². The van der Waals surface area contributed by atoms with Crippen molar-refractivity contribution in [3.63, 3.8) is 0 Å². The second-order valence-electron chi connectivity index (χ2n) is 4.55. The fourth-order valence-electron chi connectivity index (χ4n) is 1.87. The van der Waals surface area contributed by atoms with Gasteiger partial charge in [0.25, 0.3) is 0 Å². The summed E-state index contributed by atoms with van der Waals surface area (Å²) < 4.78 is 28.4. The first-order valence-corrected chi connectivity index (χ1v) is 7.79. The van der Waals surface area contributed by atoms with Crippen LogP contribution < -0.4 is 10.5 Å². The quantitative estimate of drug-likeness (QED) is 0.869. The van der Waals surface area contributed by atoms with E-state index in [0.717, 1.165) is 11.1 Å². The predicted octanol–water partition coefficient (Wildman–Crippen LogP) is 1.27. The summed E-state index contributed by atoms with van der Waals surface area (Å²) in [5.74, 6) is 0.0172. The first-order valence-electron chi connectivity index (χ1n) is 6.30. The van der Waals surface area contributed by atoms with Crippen LogP contribution in [0.3, 0.4) is 0 Å². The molecule has 0 spiro atoms. The third-order valence-corrected chi connectivity index (χ3v) is 4.34. The largest absolute Gasteiger partial charge is 0.381 e. The third-order valence-electron chi connectivity index (χ3n) is 2.92. The number of nitrogens with two attached hydrogens (primary N) is 1. The van der Waals surface area contributed by atoms with Gasteiger partial charge in [0.15, 0.2) is 5.82 Å². The Morgan fingerprint density at radius 2 is 2.15 bits per heavy atom. The van der Waals surface area contributed by atoms with Crippen molar-refractivity contribution in [2.75, 3.05) is 5.73 Å². The van der Waals surface area contributed by atoms with Gasteiger partial charge in [-0.1, -0.05) is 29.8 Å². The molecular formula is C13H18N4O2S. The first-order chi connectivity index (χ1) is 9.42. The van der Waals surface area contributed by atoms with Gasteiger partial charge >= 0.3 is 0 Å². The Bertz CT molecular complexity index is 707. The van der Waals surface area contributed by atoms with Crippen LogP contribution in [0.2, 0.25) is 0 Å². The summed E-state index contributed by atoms with van der Waals surface area (Å²) in [6.07, 6.45) is 1.44. The zero-order valence-corrected chi connectivity index (χ0v) is 12.3. The summed E-state index contributed by atoms with van der Waals surface area (Å²) >= 11 is 0. The van der Waals surface area contributed by atoms with E-state index in [9.17, 15) is 8.42 Å². The lowest BCUT2D eigenvalue weighted by Crippen LogP contribution is -2.23. The molecule has 2 rings (SSSR count). The monoisotopic (exact) mass is 294 g/mol. The molecule has 1 heterocycles. The number of rotatable bonds is 5. The number of sulfonamides is 1. The topological polar surface area (TPSA) is 90.0 Å². The molecule has 0 saturated carbocycles. The van der Waals surface area contributed by atoms with Crippen LogP contribution in [0.15, 0.2) is 35.4 Å². The first kappa shape index (κ1) is 14.5. The minimum absolute atomic E-state index is 0.0172. The van der Waals surface area contributed by atoms with Crippen LogP contribution in [0.1, 0.15) is 18.1 Å². The fourth-order valence-corrected chi connectivity index (χ4v) is 2.95. The van der Waals surface area contributed by atoms with Gasteiger partial charge in [-0.3, -0.25) is 4.68 Å². The van der Waals surface area contributed by atoms with Crippen LogP contribution in [0, 0.1) is 6.92 Å². The van der Waals surface area contributed by atoms with E-state index in [1.807, 2.05) is 38.1 Å². The number of nitrogen functional groups attached to an aromatic ring is 1. The number of aromatic nitrogens is 2. The second kappa shape index (κ2) is 5.64. The Balaban J connectivity index is 2.17. The predicted molar refractivity (Wildman–Crippen MR) is 77.5 cm³/mol. The highest BCUT2D eigenvalue weighted by Crippen LogP contribution is 2.16. The number of anilines is 1. The van der Waals surface area contributed by atoms with Crippen LogP contribution >= 0.6 is 0 Å². The minimum atomic E-state index is -3.65. The van der Waals surface area contributed by atoms with Crippen molar-refractivity contribution in [1.82, 2.24) is 14.5 Å². The Labute approximate surface area is 118 Å². The van der Waals surface area contributed by atoms with Crippen LogP contribution in [-0.2, 0) is 23.1 Å². The van der Waals surface area contributed by atoms with Crippen molar-refractivity contribution in [1.29, 1.82) is 0 Å². The molecule has 0 atom stereocenters. The van der Waals surface area contributed by atoms with Crippen molar-refractivity contribution in [3.05, 3.63) is 41.6 Å². The molecule has 0 aliphatic heterocycles. The van der Waals surface area contributed by atoms with Gasteiger partial charge in [-0.2, -0.15) is 5.10 Å². The lowest BCUT2D eigenvalue weighted by atomic mass is 10.1. The zero-order chi connectivity index (χ0) is 14.8. The number of nitrogens with one attached hydrogen (secondary N) is 1. The van der Waals surface area contributed by atoms with E-state index in [-0.39, 0.29) is 17.3 Å². The highest BCUT2D eigenvalue weighted by atomic mass is 32.2. The SMILES string of the molecule is CCn1cc(S(=O)(=O)NCc2cccc(C)c2)c(N)n1. The number of hydrogen-bond acceptors (Lipinski definition) is 4. The zero-order valence-electron chi connectivity index (χ0n) is 11.5. The summed E-state index contributed by atoms with van der Waals surface area (Å²) in [5, 5.41) is 3.94. The van der Waals surface area contributed by atoms with E-state index in [0.29, 0.717) is 6.54 Å². The van der Waals surface area contributed by atoms with Gasteiger partial charge in [-0.25, -0.2) is 13.1 Å². The number of benzene rings is 1. The van der Waals surface area contributed by atoms with Gasteiger partial charge < -0.3 is 5.73 Å². The van der Waals surface area contributed by atoms with E-state index in [1.165, 1.54) is 10.9 Å². The van der Waals surface area contributed by atoms with Crippen LogP contribution in [0.4, 0.5) is 5.82 Å². The van der Waals surface area contributed by atoms with Crippen LogP contribution in [-0.4, -0.2) is 18.2 Å². The molecule has 1 aromatic carbocycles. The number of hydrogen-bond donors (Lipinski definition) is 2. The van der Waals surface area contributed by atoms with Crippen molar-refractivity contribution in [2.45, 2.75) is 31.8 Å². The average molecular weight is 294 g/mol. The molecule has 0 fully saturated rings. The minimum Gasteiger partial charge on any atom is -0.381 e. The van der Waals surface area contributed by atoms with Crippen molar-refractivity contribution in [2.24, 2.45) is 0 Å². The molecule has 20 heavy (non-hydrogen) atoms. The Morgan fingerprint density at radius 1 is 1.40 bits per heavy atom. The van der Waals surface area contributed by atoms with Gasteiger partial charge in [0.2, 0.25) is 10.0 Å². The van der Waals surface area contributed by atoms with E-state index >= 15 is 0 Å². The normalized spacial score (nSPS) is 11.7.